The minimum Gasteiger partial charge on any atom is -0.484 e. The lowest BCUT2D eigenvalue weighted by Crippen LogP contribution is -2.51. The van der Waals surface area contributed by atoms with Gasteiger partial charge in [0.05, 0.1) is 0 Å². The number of nitrogens with zero attached hydrogens (tertiary/aromatic N) is 1. The van der Waals surface area contributed by atoms with Crippen molar-refractivity contribution in [3.8, 4) is 5.75 Å². The highest BCUT2D eigenvalue weighted by atomic mass is 19.1. The number of amides is 2. The molecule has 0 aliphatic heterocycles. The molecule has 0 spiro atoms. The molecule has 0 aliphatic rings. The van der Waals surface area contributed by atoms with Gasteiger partial charge in [0.15, 0.2) is 6.61 Å². The molecule has 2 amide bonds. The molecule has 2 rings (SSSR count). The van der Waals surface area contributed by atoms with Gasteiger partial charge in [-0.25, -0.2) is 4.39 Å². The molecule has 1 N–H and O–H groups in total. The van der Waals surface area contributed by atoms with Gasteiger partial charge in [-0.2, -0.15) is 0 Å². The van der Waals surface area contributed by atoms with E-state index in [9.17, 15) is 14.0 Å². The van der Waals surface area contributed by atoms with Crippen LogP contribution in [0.5, 0.6) is 5.75 Å². The minimum atomic E-state index is -0.646. The minimum absolute atomic E-state index is 0.0409. The van der Waals surface area contributed by atoms with Gasteiger partial charge in [-0.3, -0.25) is 9.59 Å². The van der Waals surface area contributed by atoms with Crippen molar-refractivity contribution in [2.75, 3.05) is 6.61 Å². The highest BCUT2D eigenvalue weighted by molar-refractivity contribution is 5.88. The lowest BCUT2D eigenvalue weighted by Gasteiger charge is -2.31. The van der Waals surface area contributed by atoms with Gasteiger partial charge >= 0.3 is 0 Å². The van der Waals surface area contributed by atoms with Gasteiger partial charge in [0.2, 0.25) is 5.91 Å². The first-order valence-corrected chi connectivity index (χ1v) is 10.2. The molecular formula is C24H31FN2O3. The van der Waals surface area contributed by atoms with Crippen molar-refractivity contribution in [2.45, 2.75) is 59.7 Å². The zero-order chi connectivity index (χ0) is 22.3. The van der Waals surface area contributed by atoms with Crippen LogP contribution in [0.25, 0.3) is 0 Å². The Morgan fingerprint density at radius 2 is 1.67 bits per heavy atom. The second-order valence-electron chi connectivity index (χ2n) is 7.85. The molecule has 162 valence electrons. The van der Waals surface area contributed by atoms with Crippen molar-refractivity contribution in [1.82, 2.24) is 10.2 Å². The van der Waals surface area contributed by atoms with Crippen LogP contribution in [0.1, 0.15) is 43.9 Å². The van der Waals surface area contributed by atoms with Crippen molar-refractivity contribution in [3.63, 3.8) is 0 Å². The molecule has 2 aromatic carbocycles. The number of benzene rings is 2. The number of halogens is 1. The lowest BCUT2D eigenvalue weighted by molar-refractivity contribution is -0.143. The fraction of sp³-hybridized carbons (Fsp3) is 0.417. The maximum atomic E-state index is 13.3. The molecule has 0 bridgehead atoms. The third-order valence-electron chi connectivity index (χ3n) is 4.64. The summed E-state index contributed by atoms with van der Waals surface area (Å²) in [6, 6.07) is 11.0. The SMILES string of the molecule is CC[C@@H](C(=O)NC(C)C)N(Cc1ccc(F)cc1)C(=O)COc1cc(C)cc(C)c1. The molecule has 0 saturated carbocycles. The zero-order valence-corrected chi connectivity index (χ0v) is 18.4. The summed E-state index contributed by atoms with van der Waals surface area (Å²) in [5.41, 5.74) is 2.83. The Bertz CT molecular complexity index is 845. The molecule has 0 aromatic heterocycles. The molecular weight excluding hydrogens is 383 g/mol. The molecule has 0 unspecified atom stereocenters. The molecule has 0 fully saturated rings. The first kappa shape index (κ1) is 23.4. The fourth-order valence-electron chi connectivity index (χ4n) is 3.33. The third-order valence-corrected chi connectivity index (χ3v) is 4.64. The highest BCUT2D eigenvalue weighted by Crippen LogP contribution is 2.18. The maximum Gasteiger partial charge on any atom is 0.261 e. The third kappa shape index (κ3) is 6.87. The number of hydrogen-bond donors (Lipinski definition) is 1. The summed E-state index contributed by atoms with van der Waals surface area (Å²) in [7, 11) is 0. The van der Waals surface area contributed by atoms with Crippen LogP contribution in [0.15, 0.2) is 42.5 Å². The highest BCUT2D eigenvalue weighted by Gasteiger charge is 2.29. The van der Waals surface area contributed by atoms with Crippen molar-refractivity contribution in [2.24, 2.45) is 0 Å². The summed E-state index contributed by atoms with van der Waals surface area (Å²) in [5, 5.41) is 2.88. The maximum absolute atomic E-state index is 13.3. The van der Waals surface area contributed by atoms with Crippen LogP contribution in [0.3, 0.4) is 0 Å². The largest absolute Gasteiger partial charge is 0.484 e. The molecule has 0 saturated heterocycles. The van der Waals surface area contributed by atoms with Crippen LogP contribution in [-0.2, 0) is 16.1 Å². The number of aryl methyl sites for hydroxylation is 2. The summed E-state index contributed by atoms with van der Waals surface area (Å²) in [6.45, 7) is 9.55. The Morgan fingerprint density at radius 3 is 2.20 bits per heavy atom. The number of nitrogens with one attached hydrogen (secondary N) is 1. The summed E-state index contributed by atoms with van der Waals surface area (Å²) < 4.78 is 19.0. The van der Waals surface area contributed by atoms with Crippen LogP contribution in [-0.4, -0.2) is 35.4 Å². The van der Waals surface area contributed by atoms with Gasteiger partial charge in [-0.05, 0) is 75.1 Å². The van der Waals surface area contributed by atoms with Crippen molar-refractivity contribution in [1.29, 1.82) is 0 Å². The van der Waals surface area contributed by atoms with Gasteiger partial charge < -0.3 is 15.0 Å². The second-order valence-corrected chi connectivity index (χ2v) is 7.85. The molecule has 0 radical (unpaired) electrons. The Balaban J connectivity index is 2.22. The monoisotopic (exact) mass is 414 g/mol. The van der Waals surface area contributed by atoms with E-state index >= 15 is 0 Å². The number of carbonyl (C=O) groups is 2. The predicted octanol–water partition coefficient (Wildman–Crippen LogP) is 4.15. The van der Waals surface area contributed by atoms with Gasteiger partial charge in [0.1, 0.15) is 17.6 Å². The van der Waals surface area contributed by atoms with E-state index in [2.05, 4.69) is 5.32 Å². The Labute approximate surface area is 178 Å². The Hall–Kier alpha value is -2.89. The van der Waals surface area contributed by atoms with Crippen LogP contribution in [0.4, 0.5) is 4.39 Å². The lowest BCUT2D eigenvalue weighted by atomic mass is 10.1. The predicted molar refractivity (Wildman–Crippen MR) is 116 cm³/mol. The summed E-state index contributed by atoms with van der Waals surface area (Å²) in [6.07, 6.45) is 0.453. The molecule has 5 nitrogen and oxygen atoms in total. The number of hydrogen-bond acceptors (Lipinski definition) is 3. The fourth-order valence-corrected chi connectivity index (χ4v) is 3.33. The first-order chi connectivity index (χ1) is 14.2. The van der Waals surface area contributed by atoms with E-state index in [1.54, 1.807) is 12.1 Å². The average molecular weight is 415 g/mol. The van der Waals surface area contributed by atoms with Crippen LogP contribution in [0, 0.1) is 19.7 Å². The van der Waals surface area contributed by atoms with Gasteiger partial charge in [0.25, 0.3) is 5.91 Å². The first-order valence-electron chi connectivity index (χ1n) is 10.2. The quantitative estimate of drug-likeness (QED) is 0.671. The van der Waals surface area contributed by atoms with E-state index in [1.807, 2.05) is 52.8 Å². The molecule has 6 heteroatoms. The van der Waals surface area contributed by atoms with Crippen molar-refractivity contribution >= 4 is 11.8 Å². The second kappa shape index (κ2) is 10.8. The van der Waals surface area contributed by atoms with Crippen LogP contribution < -0.4 is 10.1 Å². The standard InChI is InChI=1S/C24H31FN2O3/c1-6-22(24(29)26-16(2)3)27(14-19-7-9-20(25)10-8-19)23(28)15-30-21-12-17(4)11-18(5)13-21/h7-13,16,22H,6,14-15H2,1-5H3,(H,26,29)/t22-/m0/s1. The number of carbonyl (C=O) groups excluding carboxylic acids is 2. The number of ether oxygens (including phenoxy) is 1. The number of rotatable bonds is 9. The Kier molecular flexibility index (Phi) is 8.39. The van der Waals surface area contributed by atoms with Gasteiger partial charge in [-0.15, -0.1) is 0 Å². The Morgan fingerprint density at radius 1 is 1.07 bits per heavy atom. The van der Waals surface area contributed by atoms with E-state index in [0.717, 1.165) is 16.7 Å². The van der Waals surface area contributed by atoms with E-state index < -0.39 is 6.04 Å². The van der Waals surface area contributed by atoms with Gasteiger partial charge in [-0.1, -0.05) is 25.1 Å². The van der Waals surface area contributed by atoms with Crippen molar-refractivity contribution < 1.29 is 18.7 Å². The zero-order valence-electron chi connectivity index (χ0n) is 18.4. The summed E-state index contributed by atoms with van der Waals surface area (Å²) in [4.78, 5) is 27.3. The molecule has 1 atom stereocenters. The molecule has 0 heterocycles. The van der Waals surface area contributed by atoms with Gasteiger partial charge in [0, 0.05) is 12.6 Å². The average Bonchev–Trinajstić information content (AvgIpc) is 2.66. The topological polar surface area (TPSA) is 58.6 Å². The van der Waals surface area contributed by atoms with E-state index in [-0.39, 0.29) is 36.8 Å². The molecule has 0 aliphatic carbocycles. The van der Waals surface area contributed by atoms with Crippen molar-refractivity contribution in [3.05, 3.63) is 65.0 Å². The normalized spacial score (nSPS) is 11.8. The molecule has 2 aromatic rings. The van der Waals surface area contributed by atoms with E-state index in [1.165, 1.54) is 17.0 Å². The van der Waals surface area contributed by atoms with E-state index in [4.69, 9.17) is 4.74 Å². The summed E-state index contributed by atoms with van der Waals surface area (Å²) >= 11 is 0. The summed E-state index contributed by atoms with van der Waals surface area (Å²) in [5.74, 6) is -0.250. The molecule has 30 heavy (non-hydrogen) atoms. The van der Waals surface area contributed by atoms with Crippen LogP contribution >= 0.6 is 0 Å². The smallest absolute Gasteiger partial charge is 0.261 e. The van der Waals surface area contributed by atoms with Crippen LogP contribution in [0.2, 0.25) is 0 Å². The van der Waals surface area contributed by atoms with E-state index in [0.29, 0.717) is 12.2 Å².